The Balaban J connectivity index is 2.19. The van der Waals surface area contributed by atoms with E-state index in [1.807, 2.05) is 5.32 Å². The molecule has 23 heavy (non-hydrogen) atoms. The number of fused-ring (bicyclic) bond motifs is 1. The van der Waals surface area contributed by atoms with Gasteiger partial charge in [0.25, 0.3) is 17.4 Å². The fourth-order valence-corrected chi connectivity index (χ4v) is 2.34. The summed E-state index contributed by atoms with van der Waals surface area (Å²) >= 11 is 0. The number of nitrogens with two attached hydrogens (primary N) is 1. The number of benzene rings is 1. The number of carbonyl (C=O) groups excluding carboxylic acids is 2. The number of imide groups is 1. The Morgan fingerprint density at radius 2 is 1.87 bits per heavy atom. The first kappa shape index (κ1) is 14.7. The van der Waals surface area contributed by atoms with Gasteiger partial charge in [0.05, 0.1) is 16.8 Å². The van der Waals surface area contributed by atoms with E-state index >= 15 is 0 Å². The van der Waals surface area contributed by atoms with Crippen LogP contribution in [-0.2, 0) is 0 Å². The molecule has 118 valence electrons. The third-order valence-corrected chi connectivity index (χ3v) is 3.25. The molecule has 2 amide bonds. The van der Waals surface area contributed by atoms with Gasteiger partial charge in [-0.25, -0.2) is 0 Å². The highest BCUT2D eigenvalue weighted by Crippen LogP contribution is 2.24. The Bertz CT molecular complexity index is 892. The maximum atomic E-state index is 12.3. The highest BCUT2D eigenvalue weighted by molar-refractivity contribution is 6.23. The van der Waals surface area contributed by atoms with Crippen molar-refractivity contribution < 1.29 is 23.1 Å². The van der Waals surface area contributed by atoms with Gasteiger partial charge in [0.2, 0.25) is 0 Å². The Hall–Kier alpha value is -3.23. The Kier molecular flexibility index (Phi) is 3.32. The Labute approximate surface area is 127 Å². The zero-order valence-electron chi connectivity index (χ0n) is 11.4. The molecular formula is C14H9F2N3O4. The minimum Gasteiger partial charge on any atom is -0.435 e. The molecule has 2 aromatic rings. The summed E-state index contributed by atoms with van der Waals surface area (Å²) < 4.78 is 29.8. The van der Waals surface area contributed by atoms with Crippen molar-refractivity contribution in [2.45, 2.75) is 6.61 Å². The third-order valence-electron chi connectivity index (χ3n) is 3.25. The summed E-state index contributed by atoms with van der Waals surface area (Å²) in [6.07, 6.45) is 0. The Morgan fingerprint density at radius 3 is 2.57 bits per heavy atom. The molecule has 0 fully saturated rings. The van der Waals surface area contributed by atoms with Gasteiger partial charge in [-0.1, -0.05) is 6.07 Å². The number of hydrogen-bond acceptors (Lipinski definition) is 5. The molecule has 3 rings (SSSR count). The first-order valence-electron chi connectivity index (χ1n) is 6.35. The summed E-state index contributed by atoms with van der Waals surface area (Å²) in [5.74, 6) is -1.87. The lowest BCUT2D eigenvalue weighted by atomic mass is 10.1. The average molecular weight is 321 g/mol. The number of aromatic nitrogens is 1. The number of rotatable bonds is 3. The molecule has 1 aromatic carbocycles. The van der Waals surface area contributed by atoms with Crippen molar-refractivity contribution in [3.05, 3.63) is 51.8 Å². The molecule has 0 atom stereocenters. The largest absolute Gasteiger partial charge is 0.435 e. The minimum absolute atomic E-state index is 0.117. The van der Waals surface area contributed by atoms with Crippen LogP contribution < -0.4 is 21.3 Å². The van der Waals surface area contributed by atoms with Crippen LogP contribution in [0.3, 0.4) is 0 Å². The van der Waals surface area contributed by atoms with E-state index in [-0.39, 0.29) is 28.4 Å². The van der Waals surface area contributed by atoms with Crippen LogP contribution in [0.2, 0.25) is 0 Å². The van der Waals surface area contributed by atoms with Crippen LogP contribution in [0.15, 0.2) is 35.1 Å². The molecule has 7 nitrogen and oxygen atoms in total. The maximum Gasteiger partial charge on any atom is 0.387 e. The van der Waals surface area contributed by atoms with Crippen molar-refractivity contribution in [1.29, 1.82) is 0 Å². The first-order chi connectivity index (χ1) is 10.9. The van der Waals surface area contributed by atoms with Crippen molar-refractivity contribution in [3.63, 3.8) is 0 Å². The molecular weight excluding hydrogens is 312 g/mol. The van der Waals surface area contributed by atoms with Gasteiger partial charge in [-0.15, -0.1) is 0 Å². The second kappa shape index (κ2) is 5.20. The van der Waals surface area contributed by atoms with Crippen molar-refractivity contribution in [3.8, 4) is 11.4 Å². The van der Waals surface area contributed by atoms with Crippen LogP contribution in [0.1, 0.15) is 20.7 Å². The van der Waals surface area contributed by atoms with Crippen molar-refractivity contribution in [2.75, 3.05) is 5.73 Å². The van der Waals surface area contributed by atoms with Crippen LogP contribution in [0.5, 0.6) is 5.75 Å². The standard InChI is InChI=1S/C14H9F2N3O4/c15-14(16)23-7-3-1-2-6(4-7)19-9(20)5-8-10(11(19)17)13(22)18-12(8)21/h1-5,14H,17H2,(H,18,21,22). The van der Waals surface area contributed by atoms with Gasteiger partial charge in [-0.3, -0.25) is 24.3 Å². The number of hydrogen-bond donors (Lipinski definition) is 2. The number of nitrogen functional groups attached to an aromatic ring is 1. The summed E-state index contributed by atoms with van der Waals surface area (Å²) in [4.78, 5) is 35.5. The average Bonchev–Trinajstić information content (AvgIpc) is 2.73. The number of alkyl halides is 2. The molecule has 2 heterocycles. The second-order valence-electron chi connectivity index (χ2n) is 4.65. The molecule has 3 N–H and O–H groups in total. The lowest BCUT2D eigenvalue weighted by molar-refractivity contribution is -0.0498. The molecule has 9 heteroatoms. The van der Waals surface area contributed by atoms with Gasteiger partial charge in [-0.2, -0.15) is 8.78 Å². The molecule has 0 saturated carbocycles. The van der Waals surface area contributed by atoms with E-state index in [0.29, 0.717) is 0 Å². The zero-order chi connectivity index (χ0) is 16.7. The number of halogens is 2. The topological polar surface area (TPSA) is 103 Å². The molecule has 0 spiro atoms. The predicted molar refractivity (Wildman–Crippen MR) is 74.9 cm³/mol. The predicted octanol–water partition coefficient (Wildman–Crippen LogP) is 0.905. The lowest BCUT2D eigenvalue weighted by Gasteiger charge is -2.13. The van der Waals surface area contributed by atoms with E-state index in [1.54, 1.807) is 0 Å². The number of pyridine rings is 1. The molecule has 0 bridgehead atoms. The van der Waals surface area contributed by atoms with E-state index < -0.39 is 24.0 Å². The summed E-state index contributed by atoms with van der Waals surface area (Å²) in [6, 6.07) is 6.23. The van der Waals surface area contributed by atoms with E-state index in [0.717, 1.165) is 10.6 Å². The highest BCUT2D eigenvalue weighted by Gasteiger charge is 2.31. The third kappa shape index (κ3) is 2.41. The summed E-state index contributed by atoms with van der Waals surface area (Å²) in [5.41, 5.74) is 5.03. The summed E-state index contributed by atoms with van der Waals surface area (Å²) in [5, 5.41) is 2.03. The summed E-state index contributed by atoms with van der Waals surface area (Å²) in [6.45, 7) is -3.03. The molecule has 0 unspecified atom stereocenters. The first-order valence-corrected chi connectivity index (χ1v) is 6.35. The zero-order valence-corrected chi connectivity index (χ0v) is 11.4. The molecule has 0 radical (unpaired) electrons. The SMILES string of the molecule is Nc1c2c(cc(=O)n1-c1cccc(OC(F)F)c1)C(=O)NC2=O. The number of nitrogens with one attached hydrogen (secondary N) is 1. The smallest absolute Gasteiger partial charge is 0.387 e. The van der Waals surface area contributed by atoms with E-state index in [9.17, 15) is 23.2 Å². The van der Waals surface area contributed by atoms with Gasteiger partial charge >= 0.3 is 6.61 Å². The van der Waals surface area contributed by atoms with Gasteiger partial charge in [0, 0.05) is 12.1 Å². The lowest BCUT2D eigenvalue weighted by Crippen LogP contribution is -2.24. The van der Waals surface area contributed by atoms with Crippen molar-refractivity contribution >= 4 is 17.6 Å². The molecule has 0 saturated heterocycles. The van der Waals surface area contributed by atoms with Crippen molar-refractivity contribution in [1.82, 2.24) is 9.88 Å². The number of ether oxygens (including phenoxy) is 1. The van der Waals surface area contributed by atoms with Gasteiger partial charge in [-0.05, 0) is 12.1 Å². The quantitative estimate of drug-likeness (QED) is 0.818. The van der Waals surface area contributed by atoms with Crippen LogP contribution >= 0.6 is 0 Å². The number of amides is 2. The van der Waals surface area contributed by atoms with Gasteiger partial charge < -0.3 is 10.5 Å². The number of carbonyl (C=O) groups is 2. The number of anilines is 1. The molecule has 1 aliphatic rings. The van der Waals surface area contributed by atoms with Crippen LogP contribution in [0.4, 0.5) is 14.6 Å². The van der Waals surface area contributed by atoms with Crippen LogP contribution in [0, 0.1) is 0 Å². The minimum atomic E-state index is -3.03. The van der Waals surface area contributed by atoms with Gasteiger partial charge in [0.15, 0.2) is 0 Å². The fourth-order valence-electron chi connectivity index (χ4n) is 2.34. The van der Waals surface area contributed by atoms with Crippen molar-refractivity contribution in [2.24, 2.45) is 0 Å². The number of nitrogens with zero attached hydrogens (tertiary/aromatic N) is 1. The highest BCUT2D eigenvalue weighted by atomic mass is 19.3. The van der Waals surface area contributed by atoms with E-state index in [1.165, 1.54) is 24.3 Å². The van der Waals surface area contributed by atoms with E-state index in [4.69, 9.17) is 5.73 Å². The maximum absolute atomic E-state index is 12.3. The monoisotopic (exact) mass is 321 g/mol. The molecule has 0 aliphatic carbocycles. The van der Waals surface area contributed by atoms with E-state index in [2.05, 4.69) is 4.74 Å². The van der Waals surface area contributed by atoms with Crippen LogP contribution in [0.25, 0.3) is 5.69 Å². The fraction of sp³-hybridized carbons (Fsp3) is 0.0714. The Morgan fingerprint density at radius 1 is 1.13 bits per heavy atom. The second-order valence-corrected chi connectivity index (χ2v) is 4.65. The normalized spacial score (nSPS) is 13.2. The van der Waals surface area contributed by atoms with Gasteiger partial charge in [0.1, 0.15) is 11.6 Å². The van der Waals surface area contributed by atoms with Crippen LogP contribution in [-0.4, -0.2) is 23.0 Å². The molecule has 1 aromatic heterocycles. The molecule has 1 aliphatic heterocycles. The summed E-state index contributed by atoms with van der Waals surface area (Å²) in [7, 11) is 0.